The van der Waals surface area contributed by atoms with Crippen LogP contribution in [-0.2, 0) is 42.9 Å². The molecule has 0 saturated heterocycles. The molecule has 6 N–H and O–H groups in total. The summed E-state index contributed by atoms with van der Waals surface area (Å²) in [6.45, 7) is 7.51. The Labute approximate surface area is 395 Å². The molecule has 5 amide bonds. The fraction of sp³-hybridized carbons (Fsp3) is 0.511. The first-order valence-corrected chi connectivity index (χ1v) is 23.7. The summed E-state index contributed by atoms with van der Waals surface area (Å²) in [5.74, 6) is -1.07. The monoisotopic (exact) mass is 986 g/mol. The van der Waals surface area contributed by atoms with Crippen molar-refractivity contribution < 1.29 is 47.7 Å². The SMILES string of the molecule is COc1ccc(/C=C/C(=O)N2CC(CCl)c3c2cc(NC(=O)C(CCCCN)NC(=O)C(NC(=O)CCOCCOCCOCCOCCNC(=O)CBr)C(C)C)c2ccccc32)cc1. The summed E-state index contributed by atoms with van der Waals surface area (Å²) in [6, 6.07) is 14.9. The summed E-state index contributed by atoms with van der Waals surface area (Å²) in [7, 11) is 1.59. The average molecular weight is 988 g/mol. The number of carbonyl (C=O) groups excluding carboxylic acids is 5. The molecule has 1 heterocycles. The number of hydrogen-bond acceptors (Lipinski definition) is 11. The second-order valence-corrected chi connectivity index (χ2v) is 16.5. The summed E-state index contributed by atoms with van der Waals surface area (Å²) >= 11 is 9.59. The number of nitrogens with one attached hydrogen (secondary N) is 4. The van der Waals surface area contributed by atoms with Gasteiger partial charge in [0.15, 0.2) is 0 Å². The molecular weight excluding hydrogens is 924 g/mol. The first kappa shape index (κ1) is 53.0. The molecule has 3 aromatic carbocycles. The number of unbranched alkanes of at least 4 members (excludes halogenated alkanes) is 1. The van der Waals surface area contributed by atoms with Gasteiger partial charge in [-0.2, -0.15) is 0 Å². The fourth-order valence-electron chi connectivity index (χ4n) is 7.12. The molecule has 18 heteroatoms. The second kappa shape index (κ2) is 29.1. The van der Waals surface area contributed by atoms with Crippen molar-refractivity contribution >= 4 is 85.3 Å². The summed E-state index contributed by atoms with van der Waals surface area (Å²) < 4.78 is 27.2. The molecule has 3 atom stereocenters. The highest BCUT2D eigenvalue weighted by Crippen LogP contribution is 2.45. The third kappa shape index (κ3) is 17.3. The lowest BCUT2D eigenvalue weighted by molar-refractivity contribution is -0.132. The molecule has 0 aromatic heterocycles. The van der Waals surface area contributed by atoms with E-state index in [9.17, 15) is 24.0 Å². The molecule has 4 rings (SSSR count). The lowest BCUT2D eigenvalue weighted by Crippen LogP contribution is -2.54. The van der Waals surface area contributed by atoms with E-state index in [0.29, 0.717) is 95.7 Å². The third-order valence-corrected chi connectivity index (χ3v) is 11.4. The van der Waals surface area contributed by atoms with Crippen molar-refractivity contribution in [2.45, 2.75) is 57.5 Å². The molecule has 0 aliphatic carbocycles. The molecule has 1 aliphatic heterocycles. The molecule has 0 saturated carbocycles. The normalized spacial score (nSPS) is 14.3. The van der Waals surface area contributed by atoms with Crippen molar-refractivity contribution in [1.82, 2.24) is 16.0 Å². The van der Waals surface area contributed by atoms with Crippen LogP contribution in [0.15, 0.2) is 60.7 Å². The molecule has 0 spiro atoms. The summed E-state index contributed by atoms with van der Waals surface area (Å²) in [5, 5.41) is 13.4. The molecule has 3 unspecified atom stereocenters. The highest BCUT2D eigenvalue weighted by Gasteiger charge is 2.35. The number of rotatable bonds is 30. The van der Waals surface area contributed by atoms with Crippen molar-refractivity contribution in [3.8, 4) is 5.75 Å². The number of fused-ring (bicyclic) bond motifs is 3. The highest BCUT2D eigenvalue weighted by atomic mass is 79.9. The number of nitrogens with two attached hydrogens (primary N) is 1. The standard InChI is InChI=1S/C47H64BrClN6O10/c1-32(2)45(54-41(56)17-20-62-22-24-64-26-27-65-25-23-63-21-19-51-42(57)29-48)47(60)52-38(10-6-7-18-50)46(59)53-39-28-40-44(37-9-5-4-8-36(37)39)34(30-49)31-55(40)43(58)16-13-33-11-14-35(61-3)15-12-33/h4-5,8-9,11-16,28,32,34,38,45H,6-7,10,17-27,29-31,50H2,1-3H3,(H,51,57)(H,52,60)(H,53,59)(H,54,56)/b16-13+. The van der Waals surface area contributed by atoms with E-state index in [-0.39, 0.29) is 60.4 Å². The number of benzene rings is 3. The predicted octanol–water partition coefficient (Wildman–Crippen LogP) is 4.89. The van der Waals surface area contributed by atoms with Crippen LogP contribution in [0.5, 0.6) is 5.75 Å². The largest absolute Gasteiger partial charge is 0.497 e. The quantitative estimate of drug-likeness (QED) is 0.0345. The van der Waals surface area contributed by atoms with E-state index >= 15 is 0 Å². The van der Waals surface area contributed by atoms with Gasteiger partial charge in [-0.25, -0.2) is 0 Å². The molecule has 0 fully saturated rings. The number of methoxy groups -OCH3 is 1. The molecule has 356 valence electrons. The Morgan fingerprint density at radius 1 is 0.846 bits per heavy atom. The number of hydrogen-bond donors (Lipinski definition) is 5. The van der Waals surface area contributed by atoms with Crippen LogP contribution in [-0.4, -0.2) is 132 Å². The lowest BCUT2D eigenvalue weighted by Gasteiger charge is -2.26. The van der Waals surface area contributed by atoms with Gasteiger partial charge in [0.2, 0.25) is 23.6 Å². The minimum absolute atomic E-state index is 0.0204. The van der Waals surface area contributed by atoms with Crippen LogP contribution in [0.3, 0.4) is 0 Å². The van der Waals surface area contributed by atoms with Gasteiger partial charge in [-0.3, -0.25) is 24.0 Å². The average Bonchev–Trinajstić information content (AvgIpc) is 3.69. The van der Waals surface area contributed by atoms with Crippen molar-refractivity contribution in [3.63, 3.8) is 0 Å². The van der Waals surface area contributed by atoms with Gasteiger partial charge in [-0.15, -0.1) is 11.6 Å². The van der Waals surface area contributed by atoms with Gasteiger partial charge in [0.1, 0.15) is 17.8 Å². The van der Waals surface area contributed by atoms with Crippen LogP contribution in [0, 0.1) is 5.92 Å². The van der Waals surface area contributed by atoms with Crippen LogP contribution >= 0.6 is 27.5 Å². The lowest BCUT2D eigenvalue weighted by atomic mass is 9.94. The Balaban J connectivity index is 1.32. The number of halogens is 2. The molecule has 16 nitrogen and oxygen atoms in total. The van der Waals surface area contributed by atoms with Crippen molar-refractivity contribution in [2.24, 2.45) is 11.7 Å². The highest BCUT2D eigenvalue weighted by molar-refractivity contribution is 9.09. The molecule has 3 aromatic rings. The summed E-state index contributed by atoms with van der Waals surface area (Å²) in [4.78, 5) is 67.6. The fourth-order valence-corrected chi connectivity index (χ4v) is 7.57. The zero-order valence-electron chi connectivity index (χ0n) is 37.5. The smallest absolute Gasteiger partial charge is 0.251 e. The molecule has 1 aliphatic rings. The first-order chi connectivity index (χ1) is 31.5. The maximum absolute atomic E-state index is 14.2. The molecular formula is C47H64BrClN6O10. The van der Waals surface area contributed by atoms with Gasteiger partial charge in [-0.1, -0.05) is 66.2 Å². The molecule has 65 heavy (non-hydrogen) atoms. The van der Waals surface area contributed by atoms with E-state index in [4.69, 9.17) is 41.0 Å². The van der Waals surface area contributed by atoms with Gasteiger partial charge >= 0.3 is 0 Å². The zero-order valence-corrected chi connectivity index (χ0v) is 39.9. The van der Waals surface area contributed by atoms with Crippen LogP contribution in [0.2, 0.25) is 0 Å². The van der Waals surface area contributed by atoms with E-state index in [1.54, 1.807) is 24.2 Å². The van der Waals surface area contributed by atoms with E-state index in [1.807, 2.05) is 62.4 Å². The topological polar surface area (TPSA) is 209 Å². The summed E-state index contributed by atoms with van der Waals surface area (Å²) in [5.41, 5.74) is 8.68. The van der Waals surface area contributed by atoms with Gasteiger partial charge in [0.25, 0.3) is 5.91 Å². The minimum atomic E-state index is -0.952. The number of alkyl halides is 2. The van der Waals surface area contributed by atoms with E-state index in [0.717, 1.165) is 21.9 Å². The van der Waals surface area contributed by atoms with Crippen molar-refractivity contribution in [3.05, 3.63) is 71.8 Å². The van der Waals surface area contributed by atoms with Gasteiger partial charge in [0, 0.05) is 42.8 Å². The first-order valence-electron chi connectivity index (χ1n) is 22.0. The van der Waals surface area contributed by atoms with Crippen LogP contribution in [0.1, 0.15) is 56.6 Å². The number of amides is 5. The van der Waals surface area contributed by atoms with Crippen LogP contribution in [0.4, 0.5) is 11.4 Å². The zero-order chi connectivity index (χ0) is 47.0. The minimum Gasteiger partial charge on any atom is -0.497 e. The Hall–Kier alpha value is -4.62. The van der Waals surface area contributed by atoms with Gasteiger partial charge in [0.05, 0.1) is 76.7 Å². The maximum atomic E-state index is 14.2. The third-order valence-electron chi connectivity index (χ3n) is 10.5. The Morgan fingerprint density at radius 3 is 2.11 bits per heavy atom. The molecule has 0 radical (unpaired) electrons. The van der Waals surface area contributed by atoms with Crippen molar-refractivity contribution in [2.75, 3.05) is 101 Å². The van der Waals surface area contributed by atoms with Crippen molar-refractivity contribution in [1.29, 1.82) is 0 Å². The Kier molecular flexibility index (Phi) is 23.7. The summed E-state index contributed by atoms with van der Waals surface area (Å²) in [6.07, 6.45) is 4.80. The predicted molar refractivity (Wildman–Crippen MR) is 257 cm³/mol. The Bertz CT molecular complexity index is 2020. The molecule has 0 bridgehead atoms. The van der Waals surface area contributed by atoms with E-state index in [1.165, 1.54) is 6.08 Å². The number of carbonyl (C=O) groups is 5. The second-order valence-electron chi connectivity index (χ2n) is 15.6. The van der Waals surface area contributed by atoms with E-state index < -0.39 is 23.9 Å². The van der Waals surface area contributed by atoms with E-state index in [2.05, 4.69) is 37.2 Å². The maximum Gasteiger partial charge on any atom is 0.251 e. The Morgan fingerprint density at radius 2 is 1.49 bits per heavy atom. The van der Waals surface area contributed by atoms with Crippen LogP contribution < -0.4 is 36.6 Å². The number of nitrogens with zero attached hydrogens (tertiary/aromatic N) is 1. The van der Waals surface area contributed by atoms with Crippen LogP contribution in [0.25, 0.3) is 16.8 Å². The van der Waals surface area contributed by atoms with Gasteiger partial charge < -0.3 is 55.6 Å². The number of ether oxygens (including phenoxy) is 5. The van der Waals surface area contributed by atoms with Gasteiger partial charge in [-0.05, 0) is 72.5 Å². The number of anilines is 2.